The number of hydrogen-bond acceptors (Lipinski definition) is 3. The summed E-state index contributed by atoms with van der Waals surface area (Å²) in [5, 5.41) is 2.63. The molecule has 0 unspecified atom stereocenters. The van der Waals surface area contributed by atoms with Gasteiger partial charge in [0.2, 0.25) is 0 Å². The number of benzene rings is 2. The van der Waals surface area contributed by atoms with E-state index in [4.69, 9.17) is 4.74 Å². The van der Waals surface area contributed by atoms with Gasteiger partial charge in [0.25, 0.3) is 0 Å². The predicted molar refractivity (Wildman–Crippen MR) is 100 cm³/mol. The number of imidazole rings is 1. The van der Waals surface area contributed by atoms with E-state index < -0.39 is 5.82 Å². The van der Waals surface area contributed by atoms with Crippen molar-refractivity contribution in [1.29, 1.82) is 0 Å². The zero-order valence-electron chi connectivity index (χ0n) is 14.8. The molecule has 2 heterocycles. The van der Waals surface area contributed by atoms with Gasteiger partial charge in [-0.3, -0.25) is 0 Å². The molecule has 1 aromatic heterocycles. The largest absolute Gasteiger partial charge is 0.497 e. The molecule has 27 heavy (non-hydrogen) atoms. The van der Waals surface area contributed by atoms with Crippen LogP contribution in [0.2, 0.25) is 0 Å². The summed E-state index contributed by atoms with van der Waals surface area (Å²) < 4.78 is 19.0. The van der Waals surface area contributed by atoms with E-state index in [2.05, 4.69) is 15.3 Å². The lowest BCUT2D eigenvalue weighted by atomic mass is 10.1. The van der Waals surface area contributed by atoms with Crippen molar-refractivity contribution in [3.8, 4) is 17.1 Å². The first-order chi connectivity index (χ1) is 13.1. The van der Waals surface area contributed by atoms with Crippen molar-refractivity contribution in [3.63, 3.8) is 0 Å². The van der Waals surface area contributed by atoms with Crippen LogP contribution >= 0.6 is 0 Å². The first kappa shape index (κ1) is 17.1. The lowest BCUT2D eigenvalue weighted by molar-refractivity contribution is 0.205. The molecule has 0 saturated carbocycles. The van der Waals surface area contributed by atoms with Crippen LogP contribution in [0, 0.1) is 5.82 Å². The van der Waals surface area contributed by atoms with Crippen molar-refractivity contribution in [1.82, 2.24) is 14.9 Å². The number of halogens is 1. The van der Waals surface area contributed by atoms with Crippen molar-refractivity contribution in [2.24, 2.45) is 0 Å². The molecule has 0 bridgehead atoms. The number of carbonyl (C=O) groups excluding carboxylic acids is 1. The highest BCUT2D eigenvalue weighted by molar-refractivity contribution is 5.89. The topological polar surface area (TPSA) is 70.2 Å². The highest BCUT2D eigenvalue weighted by Gasteiger charge is 2.24. The summed E-state index contributed by atoms with van der Waals surface area (Å²) in [6, 6.07) is 13.4. The third kappa shape index (κ3) is 3.48. The molecule has 1 aliphatic heterocycles. The van der Waals surface area contributed by atoms with Crippen molar-refractivity contribution in [3.05, 3.63) is 65.7 Å². The van der Waals surface area contributed by atoms with Gasteiger partial charge in [0.1, 0.15) is 17.4 Å². The highest BCUT2D eigenvalue weighted by Crippen LogP contribution is 2.26. The number of amides is 2. The number of nitrogens with zero attached hydrogens (tertiary/aromatic N) is 2. The van der Waals surface area contributed by atoms with Gasteiger partial charge in [0.05, 0.1) is 30.7 Å². The Labute approximate surface area is 156 Å². The zero-order valence-corrected chi connectivity index (χ0v) is 14.8. The number of aromatic amines is 1. The Bertz CT molecular complexity index is 986. The van der Waals surface area contributed by atoms with Gasteiger partial charge in [-0.05, 0) is 24.3 Å². The summed E-state index contributed by atoms with van der Waals surface area (Å²) >= 11 is 0. The standard InChI is InChI=1S/C20H19FN4O2/c1-27-14-6-4-5-13(11-14)19-22-17-9-10-25(12-18(17)23-19)20(26)24-16-8-3-2-7-15(16)21/h2-8,11H,9-10,12H2,1H3,(H,22,23)(H,24,26). The van der Waals surface area contributed by atoms with Crippen LogP contribution < -0.4 is 10.1 Å². The van der Waals surface area contributed by atoms with Gasteiger partial charge < -0.3 is 19.9 Å². The van der Waals surface area contributed by atoms with Crippen LogP contribution in [-0.2, 0) is 13.0 Å². The van der Waals surface area contributed by atoms with Gasteiger partial charge in [0.15, 0.2) is 0 Å². The molecule has 2 aromatic carbocycles. The Kier molecular flexibility index (Phi) is 4.50. The van der Waals surface area contributed by atoms with E-state index in [-0.39, 0.29) is 11.7 Å². The molecule has 0 saturated heterocycles. The maximum atomic E-state index is 13.7. The SMILES string of the molecule is COc1cccc(-c2nc3c([nH]2)CN(C(=O)Nc2ccccc2F)CC3)c1. The Balaban J connectivity index is 1.51. The van der Waals surface area contributed by atoms with Gasteiger partial charge in [0, 0.05) is 18.5 Å². The smallest absolute Gasteiger partial charge is 0.322 e. The molecular weight excluding hydrogens is 347 g/mol. The second kappa shape index (κ2) is 7.11. The Hall–Kier alpha value is -3.35. The molecule has 0 fully saturated rings. The van der Waals surface area contributed by atoms with Crippen LogP contribution in [0.15, 0.2) is 48.5 Å². The van der Waals surface area contributed by atoms with Gasteiger partial charge in [-0.25, -0.2) is 14.2 Å². The van der Waals surface area contributed by atoms with Crippen molar-refractivity contribution >= 4 is 11.7 Å². The molecule has 4 rings (SSSR count). The van der Waals surface area contributed by atoms with E-state index in [1.165, 1.54) is 6.07 Å². The van der Waals surface area contributed by atoms with Crippen LogP contribution in [0.4, 0.5) is 14.9 Å². The molecule has 0 radical (unpaired) electrons. The van der Waals surface area contributed by atoms with Crippen molar-refractivity contribution < 1.29 is 13.9 Å². The molecule has 6 nitrogen and oxygen atoms in total. The summed E-state index contributed by atoms with van der Waals surface area (Å²) in [4.78, 5) is 22.1. The lowest BCUT2D eigenvalue weighted by Crippen LogP contribution is -2.39. The first-order valence-corrected chi connectivity index (χ1v) is 8.66. The van der Waals surface area contributed by atoms with Gasteiger partial charge in [-0.15, -0.1) is 0 Å². The van der Waals surface area contributed by atoms with Crippen molar-refractivity contribution in [2.45, 2.75) is 13.0 Å². The first-order valence-electron chi connectivity index (χ1n) is 8.66. The summed E-state index contributed by atoms with van der Waals surface area (Å²) in [5.74, 6) is 1.05. The minimum atomic E-state index is -0.453. The molecule has 1 aliphatic rings. The average Bonchev–Trinajstić information content (AvgIpc) is 3.13. The van der Waals surface area contributed by atoms with E-state index in [0.717, 1.165) is 28.5 Å². The average molecular weight is 366 g/mol. The van der Waals surface area contributed by atoms with Crippen LogP contribution in [0.5, 0.6) is 5.75 Å². The number of carbonyl (C=O) groups is 1. The van der Waals surface area contributed by atoms with Crippen molar-refractivity contribution in [2.75, 3.05) is 19.0 Å². The maximum absolute atomic E-state index is 13.7. The van der Waals surface area contributed by atoms with Crippen LogP contribution in [0.3, 0.4) is 0 Å². The van der Waals surface area contributed by atoms with Gasteiger partial charge >= 0.3 is 6.03 Å². The van der Waals surface area contributed by atoms with Gasteiger partial charge in [-0.1, -0.05) is 24.3 Å². The minimum absolute atomic E-state index is 0.176. The summed E-state index contributed by atoms with van der Waals surface area (Å²) in [6.07, 6.45) is 0.639. The number of methoxy groups -OCH3 is 1. The predicted octanol–water partition coefficient (Wildman–Crippen LogP) is 3.81. The van der Waals surface area contributed by atoms with E-state index in [1.54, 1.807) is 30.2 Å². The fourth-order valence-electron chi connectivity index (χ4n) is 3.13. The normalized spacial score (nSPS) is 13.2. The highest BCUT2D eigenvalue weighted by atomic mass is 19.1. The molecule has 7 heteroatoms. The van der Waals surface area contributed by atoms with E-state index in [9.17, 15) is 9.18 Å². The fraction of sp³-hybridized carbons (Fsp3) is 0.200. The number of hydrogen-bond donors (Lipinski definition) is 2. The summed E-state index contributed by atoms with van der Waals surface area (Å²) in [6.45, 7) is 0.919. The minimum Gasteiger partial charge on any atom is -0.497 e. The van der Waals surface area contributed by atoms with E-state index >= 15 is 0 Å². The Morgan fingerprint density at radius 3 is 2.93 bits per heavy atom. The number of anilines is 1. The molecule has 138 valence electrons. The lowest BCUT2D eigenvalue weighted by Gasteiger charge is -2.26. The number of rotatable bonds is 3. The van der Waals surface area contributed by atoms with E-state index in [0.29, 0.717) is 19.5 Å². The van der Waals surface area contributed by atoms with Crippen LogP contribution in [0.1, 0.15) is 11.4 Å². The second-order valence-electron chi connectivity index (χ2n) is 6.32. The Morgan fingerprint density at radius 2 is 2.11 bits per heavy atom. The van der Waals surface area contributed by atoms with Crippen LogP contribution in [-0.4, -0.2) is 34.6 Å². The number of para-hydroxylation sites is 1. The monoisotopic (exact) mass is 366 g/mol. The number of fused-ring (bicyclic) bond motifs is 1. The number of nitrogens with one attached hydrogen (secondary N) is 2. The number of urea groups is 1. The third-order valence-electron chi connectivity index (χ3n) is 4.58. The fourth-order valence-corrected chi connectivity index (χ4v) is 3.13. The molecule has 2 amide bonds. The quantitative estimate of drug-likeness (QED) is 0.740. The maximum Gasteiger partial charge on any atom is 0.322 e. The van der Waals surface area contributed by atoms with Crippen LogP contribution in [0.25, 0.3) is 11.4 Å². The van der Waals surface area contributed by atoms with Gasteiger partial charge in [-0.2, -0.15) is 0 Å². The molecular formula is C20H19FN4O2. The summed E-state index contributed by atoms with van der Waals surface area (Å²) in [5.41, 5.74) is 2.94. The third-order valence-corrected chi connectivity index (χ3v) is 4.58. The Morgan fingerprint density at radius 1 is 1.26 bits per heavy atom. The van der Waals surface area contributed by atoms with E-state index in [1.807, 2.05) is 24.3 Å². The molecule has 0 aliphatic carbocycles. The zero-order chi connectivity index (χ0) is 18.8. The molecule has 0 atom stereocenters. The molecule has 0 spiro atoms. The number of aromatic nitrogens is 2. The molecule has 3 aromatic rings. The number of ether oxygens (including phenoxy) is 1. The molecule has 2 N–H and O–H groups in total. The summed E-state index contributed by atoms with van der Waals surface area (Å²) in [7, 11) is 1.62. The number of H-pyrrole nitrogens is 1. The second-order valence-corrected chi connectivity index (χ2v) is 6.32.